The van der Waals surface area contributed by atoms with E-state index in [1.807, 2.05) is 12.1 Å². The number of sulfone groups is 1. The number of aliphatic hydroxyl groups excluding tert-OH is 1. The molecule has 2 aliphatic rings. The number of carbonyl (C=O) groups is 2. The van der Waals surface area contributed by atoms with Crippen molar-refractivity contribution in [1.29, 1.82) is 5.26 Å². The molecule has 2 heterocycles. The van der Waals surface area contributed by atoms with Crippen LogP contribution in [0.5, 0.6) is 0 Å². The van der Waals surface area contributed by atoms with Crippen molar-refractivity contribution in [2.75, 3.05) is 19.3 Å². The number of halogens is 1. The van der Waals surface area contributed by atoms with Gasteiger partial charge in [-0.1, -0.05) is 41.9 Å². The van der Waals surface area contributed by atoms with Crippen LogP contribution in [0.1, 0.15) is 41.5 Å². The Hall–Kier alpha value is -4.13. The van der Waals surface area contributed by atoms with Crippen molar-refractivity contribution in [3.63, 3.8) is 0 Å². The van der Waals surface area contributed by atoms with Crippen LogP contribution in [0.2, 0.25) is 5.02 Å². The molecule has 8 nitrogen and oxygen atoms in total. The van der Waals surface area contributed by atoms with E-state index >= 15 is 0 Å². The first kappa shape index (κ1) is 29.4. The van der Waals surface area contributed by atoms with Gasteiger partial charge < -0.3 is 14.7 Å². The fourth-order valence-electron chi connectivity index (χ4n) is 5.61. The van der Waals surface area contributed by atoms with Gasteiger partial charge >= 0.3 is 5.97 Å². The van der Waals surface area contributed by atoms with Crippen LogP contribution in [-0.2, 0) is 30.6 Å². The highest BCUT2D eigenvalue weighted by molar-refractivity contribution is 7.90. The third-order valence-electron chi connectivity index (χ3n) is 7.99. The summed E-state index contributed by atoms with van der Waals surface area (Å²) in [5, 5.41) is 20.9. The molecule has 216 valence electrons. The number of aryl methyl sites for hydroxylation is 2. The molecule has 0 saturated carbocycles. The van der Waals surface area contributed by atoms with Crippen LogP contribution in [0.15, 0.2) is 71.3 Å². The molecule has 1 N–H and O–H groups in total. The van der Waals surface area contributed by atoms with Crippen LogP contribution in [0, 0.1) is 18.3 Å². The van der Waals surface area contributed by atoms with Crippen molar-refractivity contribution in [1.82, 2.24) is 4.90 Å². The molecule has 1 saturated heterocycles. The molecule has 0 atom stereocenters. The Labute approximate surface area is 249 Å². The highest BCUT2D eigenvalue weighted by Crippen LogP contribution is 2.45. The molecule has 2 aliphatic heterocycles. The number of carbonyl (C=O) groups excluding carboxylic acids is 2. The lowest BCUT2D eigenvalue weighted by molar-refractivity contribution is -0.152. The second-order valence-electron chi connectivity index (χ2n) is 10.7. The number of aliphatic hydroxyl groups is 1. The number of esters is 1. The number of benzene rings is 3. The van der Waals surface area contributed by atoms with E-state index in [-0.39, 0.29) is 46.4 Å². The average Bonchev–Trinajstić information content (AvgIpc) is 3.20. The van der Waals surface area contributed by atoms with Gasteiger partial charge in [-0.3, -0.25) is 4.79 Å². The molecular formula is C32H29ClN2O6S. The number of amides is 1. The normalized spacial score (nSPS) is 16.4. The zero-order valence-electron chi connectivity index (χ0n) is 23.2. The monoisotopic (exact) mass is 604 g/mol. The first-order valence-electron chi connectivity index (χ1n) is 13.5. The van der Waals surface area contributed by atoms with Crippen molar-refractivity contribution < 1.29 is 27.9 Å². The molecule has 0 bridgehead atoms. The van der Waals surface area contributed by atoms with Crippen molar-refractivity contribution in [2.45, 2.75) is 43.1 Å². The summed E-state index contributed by atoms with van der Waals surface area (Å²) in [5.41, 5.74) is 2.46. The third kappa shape index (κ3) is 5.52. The molecule has 1 spiro atoms. The number of rotatable bonds is 6. The van der Waals surface area contributed by atoms with Crippen molar-refractivity contribution >= 4 is 38.9 Å². The summed E-state index contributed by atoms with van der Waals surface area (Å²) in [6, 6.07) is 19.1. The van der Waals surface area contributed by atoms with Gasteiger partial charge in [0.25, 0.3) is 0 Å². The predicted octanol–water partition coefficient (Wildman–Crippen LogP) is 5.41. The molecule has 0 aliphatic carbocycles. The third-order valence-corrected chi connectivity index (χ3v) is 9.41. The van der Waals surface area contributed by atoms with E-state index in [1.54, 1.807) is 54.3 Å². The van der Waals surface area contributed by atoms with E-state index < -0.39 is 21.4 Å². The molecule has 42 heavy (non-hydrogen) atoms. The minimum Gasteiger partial charge on any atom is -0.507 e. The fraction of sp³-hybridized carbons (Fsp3) is 0.281. The van der Waals surface area contributed by atoms with Crippen LogP contribution >= 0.6 is 11.6 Å². The lowest BCUT2D eigenvalue weighted by Gasteiger charge is -2.38. The lowest BCUT2D eigenvalue weighted by Crippen LogP contribution is -2.48. The summed E-state index contributed by atoms with van der Waals surface area (Å²) in [6.45, 7) is 2.39. The maximum absolute atomic E-state index is 13.1. The SMILES string of the molecule is Cc1cc(-c2cccc(S(C)(=O)=O)c2)c(Cl)cc1C1=C(O)C2(CCN(C(=O)CCc3ccccc3C#N)CC2)OC1=O. The summed E-state index contributed by atoms with van der Waals surface area (Å²) in [7, 11) is -3.42. The first-order chi connectivity index (χ1) is 19.9. The lowest BCUT2D eigenvalue weighted by atomic mass is 9.86. The molecule has 3 aromatic carbocycles. The van der Waals surface area contributed by atoms with Crippen LogP contribution < -0.4 is 0 Å². The molecule has 5 rings (SSSR count). The van der Waals surface area contributed by atoms with Crippen LogP contribution in [0.3, 0.4) is 0 Å². The second-order valence-corrected chi connectivity index (χ2v) is 13.1. The van der Waals surface area contributed by atoms with Gasteiger partial charge in [0.1, 0.15) is 5.57 Å². The second kappa shape index (κ2) is 11.3. The fourth-order valence-corrected chi connectivity index (χ4v) is 6.55. The summed E-state index contributed by atoms with van der Waals surface area (Å²) in [5.74, 6) is -0.899. The number of nitrogens with zero attached hydrogens (tertiary/aromatic N) is 2. The van der Waals surface area contributed by atoms with E-state index in [0.29, 0.717) is 47.3 Å². The Balaban J connectivity index is 1.34. The standard InChI is InChI=1S/C32H29ClN2O6S/c1-20-16-26(22-8-5-9-24(17-22)42(2,39)40)27(33)18-25(20)29-30(37)32(41-31(29)38)12-14-35(15-13-32)28(36)11-10-21-6-3-4-7-23(21)19-34/h3-9,16-18,37H,10-15H2,1-2H3. The predicted molar refractivity (Wildman–Crippen MR) is 158 cm³/mol. The van der Waals surface area contributed by atoms with Crippen LogP contribution in [0.25, 0.3) is 16.7 Å². The van der Waals surface area contributed by atoms with Gasteiger partial charge in [0.05, 0.1) is 16.5 Å². The molecule has 10 heteroatoms. The van der Waals surface area contributed by atoms with Crippen molar-refractivity contribution in [3.8, 4) is 17.2 Å². The van der Waals surface area contributed by atoms with Gasteiger partial charge in [-0.25, -0.2) is 13.2 Å². The van der Waals surface area contributed by atoms with E-state index in [0.717, 1.165) is 11.8 Å². The topological polar surface area (TPSA) is 125 Å². The Morgan fingerprint density at radius 2 is 1.81 bits per heavy atom. The maximum Gasteiger partial charge on any atom is 0.343 e. The van der Waals surface area contributed by atoms with Crippen LogP contribution in [0.4, 0.5) is 0 Å². The van der Waals surface area contributed by atoms with E-state index in [9.17, 15) is 28.4 Å². The zero-order chi connectivity index (χ0) is 30.2. The van der Waals surface area contributed by atoms with Gasteiger partial charge in [-0.15, -0.1) is 0 Å². The van der Waals surface area contributed by atoms with Gasteiger partial charge in [0.2, 0.25) is 5.91 Å². The molecule has 3 aromatic rings. The number of nitriles is 1. The Morgan fingerprint density at radius 1 is 1.10 bits per heavy atom. The van der Waals surface area contributed by atoms with Gasteiger partial charge in [-0.2, -0.15) is 5.26 Å². The Bertz CT molecular complexity index is 1780. The molecule has 0 radical (unpaired) electrons. The summed E-state index contributed by atoms with van der Waals surface area (Å²) in [4.78, 5) is 27.9. The van der Waals surface area contributed by atoms with Crippen molar-refractivity contribution in [2.24, 2.45) is 0 Å². The van der Waals surface area contributed by atoms with Gasteiger partial charge in [-0.05, 0) is 65.9 Å². The molecule has 0 aromatic heterocycles. The van der Waals surface area contributed by atoms with Crippen molar-refractivity contribution in [3.05, 3.63) is 93.7 Å². The van der Waals surface area contributed by atoms with Gasteiger partial charge in [0, 0.05) is 49.2 Å². The van der Waals surface area contributed by atoms with Gasteiger partial charge in [0.15, 0.2) is 21.2 Å². The van der Waals surface area contributed by atoms with E-state index in [4.69, 9.17) is 16.3 Å². The maximum atomic E-state index is 13.1. The Morgan fingerprint density at radius 3 is 2.50 bits per heavy atom. The summed E-state index contributed by atoms with van der Waals surface area (Å²) >= 11 is 6.63. The molecule has 0 unspecified atom stereocenters. The largest absolute Gasteiger partial charge is 0.507 e. The number of hydrogen-bond acceptors (Lipinski definition) is 7. The number of hydrogen-bond donors (Lipinski definition) is 1. The van der Waals surface area contributed by atoms with E-state index in [1.165, 1.54) is 6.07 Å². The van der Waals surface area contributed by atoms with Crippen LogP contribution in [-0.4, -0.2) is 55.2 Å². The number of piperidine rings is 1. The minimum absolute atomic E-state index is 0.0405. The zero-order valence-corrected chi connectivity index (χ0v) is 24.8. The smallest absolute Gasteiger partial charge is 0.343 e. The number of likely N-dealkylation sites (tertiary alicyclic amines) is 1. The highest BCUT2D eigenvalue weighted by atomic mass is 35.5. The first-order valence-corrected chi connectivity index (χ1v) is 15.7. The summed E-state index contributed by atoms with van der Waals surface area (Å²) < 4.78 is 29.8. The minimum atomic E-state index is -3.42. The Kier molecular flexibility index (Phi) is 7.88. The average molecular weight is 605 g/mol. The number of ether oxygens (including phenoxy) is 1. The molecule has 1 amide bonds. The molecular weight excluding hydrogens is 576 g/mol. The quantitative estimate of drug-likeness (QED) is 0.373. The summed E-state index contributed by atoms with van der Waals surface area (Å²) in [6.07, 6.45) is 2.32. The molecule has 1 fully saturated rings. The highest BCUT2D eigenvalue weighted by Gasteiger charge is 2.51. The van der Waals surface area contributed by atoms with E-state index in [2.05, 4.69) is 6.07 Å².